The van der Waals surface area contributed by atoms with Crippen LogP contribution in [-0.2, 0) is 17.5 Å². The van der Waals surface area contributed by atoms with Crippen molar-refractivity contribution >= 4 is 0 Å². The highest BCUT2D eigenvalue weighted by molar-refractivity contribution is 5.24. The number of rotatable bonds is 2. The van der Waals surface area contributed by atoms with Gasteiger partial charge in [-0.1, -0.05) is 39.8 Å². The molecule has 0 saturated heterocycles. The first-order valence-corrected chi connectivity index (χ1v) is 5.69. The van der Waals surface area contributed by atoms with Gasteiger partial charge in [0.2, 0.25) is 0 Å². The fraction of sp³-hybridized carbons (Fsp3) is 0.538. The van der Waals surface area contributed by atoms with E-state index < -0.39 is 11.7 Å². The summed E-state index contributed by atoms with van der Waals surface area (Å²) in [4.78, 5) is 0. The van der Waals surface area contributed by atoms with E-state index in [1.807, 2.05) is 27.7 Å². The summed E-state index contributed by atoms with van der Waals surface area (Å²) in [6, 6.07) is 4.92. The van der Waals surface area contributed by atoms with Crippen LogP contribution in [0.4, 0.5) is 13.2 Å². The summed E-state index contributed by atoms with van der Waals surface area (Å²) in [6.07, 6.45) is -4.26. The summed E-state index contributed by atoms with van der Waals surface area (Å²) in [5, 5.41) is 0. The Labute approximate surface area is 102 Å². The normalized spacial score (nSPS) is 9.65. The van der Waals surface area contributed by atoms with Crippen LogP contribution in [0, 0.1) is 0 Å². The first-order valence-electron chi connectivity index (χ1n) is 5.69. The van der Waals surface area contributed by atoms with Crippen molar-refractivity contribution in [1.29, 1.82) is 0 Å². The molecule has 0 bridgehead atoms. The van der Waals surface area contributed by atoms with E-state index in [0.29, 0.717) is 6.61 Å². The maximum atomic E-state index is 12.1. The molecule has 0 aliphatic heterocycles. The topological polar surface area (TPSA) is 9.23 Å². The predicted octanol–water partition coefficient (Wildman–Crippen LogP) is 4.90. The van der Waals surface area contributed by atoms with Gasteiger partial charge in [0.1, 0.15) is 0 Å². The van der Waals surface area contributed by atoms with E-state index in [-0.39, 0.29) is 0 Å². The lowest BCUT2D eigenvalue weighted by atomic mass is 10.1. The minimum Gasteiger partial charge on any atom is -0.380 e. The molecule has 0 atom stereocenters. The number of benzene rings is 1. The Morgan fingerprint density at radius 3 is 1.65 bits per heavy atom. The lowest BCUT2D eigenvalue weighted by molar-refractivity contribution is -0.137. The Kier molecular flexibility index (Phi) is 10.9. The first-order chi connectivity index (χ1) is 8.04. The zero-order valence-corrected chi connectivity index (χ0v) is 11.1. The molecule has 0 unspecified atom stereocenters. The maximum absolute atomic E-state index is 12.1. The molecule has 1 nitrogen and oxygen atoms in total. The van der Waals surface area contributed by atoms with Crippen molar-refractivity contribution in [2.75, 3.05) is 7.11 Å². The number of ether oxygens (including phenoxy) is 1. The van der Waals surface area contributed by atoms with E-state index >= 15 is 0 Å². The lowest BCUT2D eigenvalue weighted by Crippen LogP contribution is -2.04. The zero-order valence-electron chi connectivity index (χ0n) is 11.1. The van der Waals surface area contributed by atoms with Gasteiger partial charge in [0.15, 0.2) is 0 Å². The van der Waals surface area contributed by atoms with E-state index in [9.17, 15) is 13.2 Å². The summed E-state index contributed by atoms with van der Waals surface area (Å²) in [5.74, 6) is 0. The molecule has 17 heavy (non-hydrogen) atoms. The summed E-state index contributed by atoms with van der Waals surface area (Å²) < 4.78 is 41.0. The SMILES string of the molecule is CC.CC.COCc1ccc(C(F)(F)F)cc1. The van der Waals surface area contributed by atoms with Crippen LogP contribution in [0.1, 0.15) is 38.8 Å². The Balaban J connectivity index is 0. The number of hydrogen-bond acceptors (Lipinski definition) is 1. The summed E-state index contributed by atoms with van der Waals surface area (Å²) in [7, 11) is 1.50. The van der Waals surface area contributed by atoms with Crippen LogP contribution >= 0.6 is 0 Å². The van der Waals surface area contributed by atoms with Crippen LogP contribution in [0.15, 0.2) is 24.3 Å². The average molecular weight is 250 g/mol. The Bertz CT molecular complexity index is 265. The maximum Gasteiger partial charge on any atom is 0.416 e. The minimum absolute atomic E-state index is 0.331. The van der Waals surface area contributed by atoms with Crippen molar-refractivity contribution in [1.82, 2.24) is 0 Å². The predicted molar refractivity (Wildman–Crippen MR) is 64.9 cm³/mol. The number of methoxy groups -OCH3 is 1. The van der Waals surface area contributed by atoms with Crippen molar-refractivity contribution < 1.29 is 17.9 Å². The standard InChI is InChI=1S/C9H9F3O.2C2H6/c1-13-6-7-2-4-8(5-3-7)9(10,11)12;2*1-2/h2-5H,6H2,1H3;2*1-2H3. The third-order valence-electron chi connectivity index (χ3n) is 1.59. The van der Waals surface area contributed by atoms with Crippen LogP contribution in [0.2, 0.25) is 0 Å². The van der Waals surface area contributed by atoms with Gasteiger partial charge < -0.3 is 4.74 Å². The van der Waals surface area contributed by atoms with Crippen molar-refractivity contribution in [3.05, 3.63) is 35.4 Å². The third-order valence-corrected chi connectivity index (χ3v) is 1.59. The molecule has 0 amide bonds. The van der Waals surface area contributed by atoms with E-state index in [1.165, 1.54) is 19.2 Å². The van der Waals surface area contributed by atoms with Crippen LogP contribution in [-0.4, -0.2) is 7.11 Å². The molecule has 0 radical (unpaired) electrons. The molecule has 1 aromatic rings. The molecule has 0 heterocycles. The van der Waals surface area contributed by atoms with E-state index in [0.717, 1.165) is 17.7 Å². The quantitative estimate of drug-likeness (QED) is 0.725. The number of alkyl halides is 3. The summed E-state index contributed by atoms with van der Waals surface area (Å²) in [5.41, 5.74) is 0.0999. The first kappa shape index (κ1) is 18.3. The summed E-state index contributed by atoms with van der Waals surface area (Å²) >= 11 is 0. The second-order valence-electron chi connectivity index (χ2n) is 2.63. The molecule has 1 aromatic carbocycles. The van der Waals surface area contributed by atoms with Gasteiger partial charge in [-0.2, -0.15) is 13.2 Å². The van der Waals surface area contributed by atoms with Gasteiger partial charge in [-0.3, -0.25) is 0 Å². The monoisotopic (exact) mass is 250 g/mol. The van der Waals surface area contributed by atoms with Gasteiger partial charge in [-0.25, -0.2) is 0 Å². The fourth-order valence-electron chi connectivity index (χ4n) is 0.957. The molecule has 0 aromatic heterocycles. The fourth-order valence-corrected chi connectivity index (χ4v) is 0.957. The van der Waals surface area contributed by atoms with Gasteiger partial charge in [0, 0.05) is 7.11 Å². The molecule has 1 rings (SSSR count). The molecule has 4 heteroatoms. The van der Waals surface area contributed by atoms with Crippen LogP contribution in [0.25, 0.3) is 0 Å². The van der Waals surface area contributed by atoms with Gasteiger partial charge in [-0.05, 0) is 17.7 Å². The van der Waals surface area contributed by atoms with Crippen LogP contribution < -0.4 is 0 Å². The smallest absolute Gasteiger partial charge is 0.380 e. The highest BCUT2D eigenvalue weighted by Crippen LogP contribution is 2.29. The van der Waals surface area contributed by atoms with Gasteiger partial charge >= 0.3 is 6.18 Å². The molecule has 0 fully saturated rings. The molecular formula is C13H21F3O. The Morgan fingerprint density at radius 1 is 0.941 bits per heavy atom. The van der Waals surface area contributed by atoms with Crippen molar-refractivity contribution in [3.8, 4) is 0 Å². The van der Waals surface area contributed by atoms with Crippen molar-refractivity contribution in [2.45, 2.75) is 40.5 Å². The second kappa shape index (κ2) is 10.1. The number of hydrogen-bond donors (Lipinski definition) is 0. The van der Waals surface area contributed by atoms with E-state index in [4.69, 9.17) is 4.74 Å². The van der Waals surface area contributed by atoms with E-state index in [2.05, 4.69) is 0 Å². The largest absolute Gasteiger partial charge is 0.416 e. The van der Waals surface area contributed by atoms with E-state index in [1.54, 1.807) is 0 Å². The Morgan fingerprint density at radius 2 is 1.35 bits per heavy atom. The number of halogens is 3. The lowest BCUT2D eigenvalue weighted by Gasteiger charge is -2.06. The van der Waals surface area contributed by atoms with Crippen LogP contribution in [0.3, 0.4) is 0 Å². The average Bonchev–Trinajstić information content (AvgIpc) is 2.34. The summed E-state index contributed by atoms with van der Waals surface area (Å²) in [6.45, 7) is 8.33. The molecule has 0 spiro atoms. The van der Waals surface area contributed by atoms with Gasteiger partial charge in [0.05, 0.1) is 12.2 Å². The second-order valence-corrected chi connectivity index (χ2v) is 2.63. The van der Waals surface area contributed by atoms with Crippen molar-refractivity contribution in [3.63, 3.8) is 0 Å². The molecule has 0 aliphatic carbocycles. The molecule has 0 N–H and O–H groups in total. The molecule has 0 saturated carbocycles. The molecule has 100 valence electrons. The highest BCUT2D eigenvalue weighted by atomic mass is 19.4. The zero-order chi connectivity index (χ0) is 13.9. The van der Waals surface area contributed by atoms with Crippen molar-refractivity contribution in [2.24, 2.45) is 0 Å². The minimum atomic E-state index is -4.26. The highest BCUT2D eigenvalue weighted by Gasteiger charge is 2.29. The Hall–Kier alpha value is -1.03. The third kappa shape index (κ3) is 7.80. The molecule has 0 aliphatic rings. The molecular weight excluding hydrogens is 229 g/mol. The van der Waals surface area contributed by atoms with Crippen LogP contribution in [0.5, 0.6) is 0 Å². The van der Waals surface area contributed by atoms with Gasteiger partial charge in [0.25, 0.3) is 0 Å². The van der Waals surface area contributed by atoms with Gasteiger partial charge in [-0.15, -0.1) is 0 Å².